The number of methoxy groups -OCH3 is 1. The van der Waals surface area contributed by atoms with Crippen LogP contribution in [-0.4, -0.2) is 42.5 Å². The Morgan fingerprint density at radius 1 is 1.59 bits per heavy atom. The van der Waals surface area contributed by atoms with Gasteiger partial charge < -0.3 is 15.0 Å². The van der Waals surface area contributed by atoms with Gasteiger partial charge in [-0.05, 0) is 12.5 Å². The number of likely N-dealkylation sites (N-methyl/N-ethyl adjacent to an activating group) is 1. The molecule has 2 rings (SSSR count). The predicted molar refractivity (Wildman–Crippen MR) is 63.7 cm³/mol. The molecule has 5 nitrogen and oxygen atoms in total. The SMILES string of the molecule is COc1cccc(CNC2CCN(C)C2=O)n1. The minimum absolute atomic E-state index is 0.0759. The Labute approximate surface area is 101 Å². The monoisotopic (exact) mass is 235 g/mol. The van der Waals surface area contributed by atoms with Crippen LogP contribution < -0.4 is 10.1 Å². The zero-order chi connectivity index (χ0) is 12.3. The van der Waals surface area contributed by atoms with Crippen molar-refractivity contribution < 1.29 is 9.53 Å². The first-order valence-corrected chi connectivity index (χ1v) is 5.69. The van der Waals surface area contributed by atoms with E-state index in [0.717, 1.165) is 18.7 Å². The molecular formula is C12H17N3O2. The van der Waals surface area contributed by atoms with Crippen molar-refractivity contribution in [1.29, 1.82) is 0 Å². The van der Waals surface area contributed by atoms with Crippen molar-refractivity contribution in [3.05, 3.63) is 23.9 Å². The lowest BCUT2D eigenvalue weighted by Crippen LogP contribution is -2.36. The van der Waals surface area contributed by atoms with Gasteiger partial charge in [0, 0.05) is 26.2 Å². The third-order valence-corrected chi connectivity index (χ3v) is 2.95. The molecule has 1 amide bonds. The second-order valence-corrected chi connectivity index (χ2v) is 4.15. The first-order chi connectivity index (χ1) is 8.20. The van der Waals surface area contributed by atoms with Crippen LogP contribution in [-0.2, 0) is 11.3 Å². The lowest BCUT2D eigenvalue weighted by Gasteiger charge is -2.12. The number of hydrogen-bond donors (Lipinski definition) is 1. The summed E-state index contributed by atoms with van der Waals surface area (Å²) in [6.45, 7) is 1.41. The van der Waals surface area contributed by atoms with E-state index in [1.54, 1.807) is 18.1 Å². The summed E-state index contributed by atoms with van der Waals surface area (Å²) in [6, 6.07) is 5.54. The van der Waals surface area contributed by atoms with Crippen LogP contribution in [0.1, 0.15) is 12.1 Å². The smallest absolute Gasteiger partial charge is 0.239 e. The van der Waals surface area contributed by atoms with Gasteiger partial charge >= 0.3 is 0 Å². The number of nitrogens with one attached hydrogen (secondary N) is 1. The third kappa shape index (κ3) is 2.74. The average Bonchev–Trinajstić information content (AvgIpc) is 2.68. The third-order valence-electron chi connectivity index (χ3n) is 2.95. The standard InChI is InChI=1S/C12H17N3O2/c1-15-7-6-10(12(15)16)13-8-9-4-3-5-11(14-9)17-2/h3-5,10,13H,6-8H2,1-2H3. The van der Waals surface area contributed by atoms with Crippen LogP contribution in [0.15, 0.2) is 18.2 Å². The van der Waals surface area contributed by atoms with E-state index in [9.17, 15) is 4.79 Å². The molecule has 0 spiro atoms. The van der Waals surface area contributed by atoms with Crippen LogP contribution >= 0.6 is 0 Å². The summed E-state index contributed by atoms with van der Waals surface area (Å²) < 4.78 is 5.05. The largest absolute Gasteiger partial charge is 0.481 e. The summed E-state index contributed by atoms with van der Waals surface area (Å²) in [4.78, 5) is 17.7. The number of amides is 1. The Morgan fingerprint density at radius 3 is 3.06 bits per heavy atom. The topological polar surface area (TPSA) is 54.5 Å². The van der Waals surface area contributed by atoms with Gasteiger partial charge in [0.1, 0.15) is 0 Å². The predicted octanol–water partition coefficient (Wildman–Crippen LogP) is 0.410. The fraction of sp³-hybridized carbons (Fsp3) is 0.500. The molecule has 1 atom stereocenters. The summed E-state index contributed by atoms with van der Waals surface area (Å²) in [5.41, 5.74) is 0.881. The van der Waals surface area contributed by atoms with Crippen LogP contribution in [0.4, 0.5) is 0 Å². The molecule has 1 aromatic heterocycles. The number of nitrogens with zero attached hydrogens (tertiary/aromatic N) is 2. The van der Waals surface area contributed by atoms with Gasteiger partial charge in [-0.1, -0.05) is 6.07 Å². The lowest BCUT2D eigenvalue weighted by molar-refractivity contribution is -0.128. The first-order valence-electron chi connectivity index (χ1n) is 5.69. The maximum atomic E-state index is 11.7. The number of hydrogen-bond acceptors (Lipinski definition) is 4. The molecule has 1 fully saturated rings. The van der Waals surface area contributed by atoms with Gasteiger partial charge in [0.2, 0.25) is 11.8 Å². The second kappa shape index (κ2) is 5.14. The maximum absolute atomic E-state index is 11.7. The Bertz CT molecular complexity index is 408. The van der Waals surface area contributed by atoms with E-state index in [1.807, 2.05) is 19.2 Å². The molecule has 1 aliphatic heterocycles. The highest BCUT2D eigenvalue weighted by atomic mass is 16.5. The van der Waals surface area contributed by atoms with Crippen molar-refractivity contribution in [1.82, 2.24) is 15.2 Å². The molecule has 92 valence electrons. The molecule has 2 heterocycles. The number of carbonyl (C=O) groups is 1. The highest BCUT2D eigenvalue weighted by molar-refractivity contribution is 5.83. The van der Waals surface area contributed by atoms with E-state index in [0.29, 0.717) is 12.4 Å². The molecule has 0 aromatic carbocycles. The summed E-state index contributed by atoms with van der Waals surface area (Å²) >= 11 is 0. The highest BCUT2D eigenvalue weighted by Crippen LogP contribution is 2.10. The number of pyridine rings is 1. The molecule has 1 saturated heterocycles. The van der Waals surface area contributed by atoms with Gasteiger partial charge in [0.25, 0.3) is 0 Å². The Morgan fingerprint density at radius 2 is 2.41 bits per heavy atom. The number of rotatable bonds is 4. The second-order valence-electron chi connectivity index (χ2n) is 4.15. The molecule has 1 aliphatic rings. The van der Waals surface area contributed by atoms with Crippen molar-refractivity contribution >= 4 is 5.91 Å². The fourth-order valence-electron chi connectivity index (χ4n) is 1.91. The molecule has 1 aromatic rings. The molecule has 5 heteroatoms. The molecular weight excluding hydrogens is 218 g/mol. The lowest BCUT2D eigenvalue weighted by atomic mass is 10.2. The fourth-order valence-corrected chi connectivity index (χ4v) is 1.91. The van der Waals surface area contributed by atoms with Crippen LogP contribution in [0.5, 0.6) is 5.88 Å². The van der Waals surface area contributed by atoms with Gasteiger partial charge in [0.15, 0.2) is 0 Å². The summed E-state index contributed by atoms with van der Waals surface area (Å²) in [5, 5.41) is 3.22. The number of carbonyl (C=O) groups excluding carboxylic acids is 1. The van der Waals surface area contributed by atoms with Crippen molar-refractivity contribution in [3.8, 4) is 5.88 Å². The number of aromatic nitrogens is 1. The van der Waals surface area contributed by atoms with Crippen LogP contribution in [0.25, 0.3) is 0 Å². The highest BCUT2D eigenvalue weighted by Gasteiger charge is 2.28. The van der Waals surface area contributed by atoms with Crippen molar-refractivity contribution in [2.75, 3.05) is 20.7 Å². The van der Waals surface area contributed by atoms with Crippen LogP contribution in [0.3, 0.4) is 0 Å². The Hall–Kier alpha value is -1.62. The molecule has 0 aliphatic carbocycles. The number of likely N-dealkylation sites (tertiary alicyclic amines) is 1. The summed E-state index contributed by atoms with van der Waals surface area (Å²) in [6.07, 6.45) is 0.860. The molecule has 0 bridgehead atoms. The van der Waals surface area contributed by atoms with Crippen molar-refractivity contribution in [2.45, 2.75) is 19.0 Å². The van der Waals surface area contributed by atoms with Crippen LogP contribution in [0.2, 0.25) is 0 Å². The maximum Gasteiger partial charge on any atom is 0.239 e. The Kier molecular flexibility index (Phi) is 3.58. The zero-order valence-corrected chi connectivity index (χ0v) is 10.1. The van der Waals surface area contributed by atoms with E-state index in [4.69, 9.17) is 4.74 Å². The zero-order valence-electron chi connectivity index (χ0n) is 10.1. The quantitative estimate of drug-likeness (QED) is 0.821. The number of ether oxygens (including phenoxy) is 1. The van der Waals surface area contributed by atoms with Gasteiger partial charge in [0.05, 0.1) is 18.8 Å². The Balaban J connectivity index is 1.91. The summed E-state index contributed by atoms with van der Waals surface area (Å²) in [7, 11) is 3.42. The molecule has 1 N–H and O–H groups in total. The molecule has 0 saturated carbocycles. The van der Waals surface area contributed by atoms with E-state index in [1.165, 1.54) is 0 Å². The minimum Gasteiger partial charge on any atom is -0.481 e. The van der Waals surface area contributed by atoms with Crippen LogP contribution in [0, 0.1) is 0 Å². The molecule has 1 unspecified atom stereocenters. The molecule has 0 radical (unpaired) electrons. The average molecular weight is 235 g/mol. The van der Waals surface area contributed by atoms with Crippen molar-refractivity contribution in [2.24, 2.45) is 0 Å². The van der Waals surface area contributed by atoms with E-state index < -0.39 is 0 Å². The molecule has 17 heavy (non-hydrogen) atoms. The summed E-state index contributed by atoms with van der Waals surface area (Å²) in [5.74, 6) is 0.757. The first kappa shape index (κ1) is 11.9. The van der Waals surface area contributed by atoms with E-state index >= 15 is 0 Å². The van der Waals surface area contributed by atoms with Gasteiger partial charge in [-0.2, -0.15) is 0 Å². The van der Waals surface area contributed by atoms with Gasteiger partial charge in [-0.15, -0.1) is 0 Å². The minimum atomic E-state index is -0.0759. The van der Waals surface area contributed by atoms with Gasteiger partial charge in [-0.25, -0.2) is 4.98 Å². The van der Waals surface area contributed by atoms with E-state index in [2.05, 4.69) is 10.3 Å². The van der Waals surface area contributed by atoms with Crippen molar-refractivity contribution in [3.63, 3.8) is 0 Å². The van der Waals surface area contributed by atoms with E-state index in [-0.39, 0.29) is 11.9 Å². The van der Waals surface area contributed by atoms with Gasteiger partial charge in [-0.3, -0.25) is 4.79 Å². The normalized spacial score (nSPS) is 19.8.